The first-order valence-electron chi connectivity index (χ1n) is 7.94. The predicted molar refractivity (Wildman–Crippen MR) is 78.1 cm³/mol. The highest BCUT2D eigenvalue weighted by atomic mass is 16.8. The number of carbonyl (C=O) groups excluding carboxylic acids is 1. The van der Waals surface area contributed by atoms with E-state index < -0.39 is 74.7 Å². The summed E-state index contributed by atoms with van der Waals surface area (Å²) in [7, 11) is 0. The van der Waals surface area contributed by atoms with Crippen LogP contribution in [0.1, 0.15) is 6.92 Å². The molecule has 0 aliphatic carbocycles. The number of aliphatic hydroxyl groups excluding tert-OH is 6. The van der Waals surface area contributed by atoms with Gasteiger partial charge in [0.1, 0.15) is 42.7 Å². The van der Waals surface area contributed by atoms with Crippen molar-refractivity contribution in [3.8, 4) is 0 Å². The van der Waals surface area contributed by atoms with Gasteiger partial charge >= 0.3 is 5.97 Å². The highest BCUT2D eigenvalue weighted by Gasteiger charge is 2.45. The van der Waals surface area contributed by atoms with Crippen LogP contribution in [0.4, 0.5) is 0 Å². The number of hydrogen-bond donors (Lipinski definition) is 6. The van der Waals surface area contributed by atoms with Crippen LogP contribution in [0.3, 0.4) is 0 Å². The Morgan fingerprint density at radius 3 is 2.23 bits per heavy atom. The largest absolute Gasteiger partial charge is 0.439 e. The van der Waals surface area contributed by atoms with Gasteiger partial charge in [0.25, 0.3) is 0 Å². The maximum Gasteiger partial charge on any atom is 0.304 e. The predicted octanol–water partition coefficient (Wildman–Crippen LogP) is -4.21. The average Bonchev–Trinajstić information content (AvgIpc) is 2.60. The molecule has 0 radical (unpaired) electrons. The second-order valence-electron chi connectivity index (χ2n) is 6.02. The molecule has 152 valence electrons. The number of rotatable bonds is 6. The van der Waals surface area contributed by atoms with Crippen LogP contribution in [-0.2, 0) is 28.5 Å². The van der Waals surface area contributed by atoms with Gasteiger partial charge in [0.15, 0.2) is 19.4 Å². The van der Waals surface area contributed by atoms with Gasteiger partial charge in [0, 0.05) is 6.92 Å². The van der Waals surface area contributed by atoms with Crippen molar-refractivity contribution in [2.75, 3.05) is 20.0 Å². The Labute approximate surface area is 148 Å². The van der Waals surface area contributed by atoms with Crippen molar-refractivity contribution in [2.45, 2.75) is 62.2 Å². The minimum atomic E-state index is -1.63. The zero-order valence-corrected chi connectivity index (χ0v) is 14.0. The van der Waals surface area contributed by atoms with Crippen LogP contribution < -0.4 is 0 Å². The fourth-order valence-corrected chi connectivity index (χ4v) is 2.49. The number of carbonyl (C=O) groups is 1. The van der Waals surface area contributed by atoms with E-state index in [1.54, 1.807) is 0 Å². The van der Waals surface area contributed by atoms with E-state index in [-0.39, 0.29) is 6.61 Å². The molecule has 0 unspecified atom stereocenters. The van der Waals surface area contributed by atoms with Gasteiger partial charge in [-0.15, -0.1) is 0 Å². The number of ether oxygens (including phenoxy) is 5. The highest BCUT2D eigenvalue weighted by molar-refractivity contribution is 5.65. The second-order valence-corrected chi connectivity index (χ2v) is 6.02. The molecule has 2 rings (SSSR count). The van der Waals surface area contributed by atoms with E-state index in [0.29, 0.717) is 0 Å². The lowest BCUT2D eigenvalue weighted by Gasteiger charge is -2.41. The van der Waals surface area contributed by atoms with E-state index in [4.69, 9.17) is 18.9 Å². The van der Waals surface area contributed by atoms with Gasteiger partial charge in [-0.1, -0.05) is 0 Å². The SMILES string of the molecule is CC(=O)OCO[C@@H]1O[C@H](CO[C@@H]2OC[C@@H](O)[C@H](O)[C@H]2O)[C@@H](O)[C@H](O)[C@H]1O. The fourth-order valence-electron chi connectivity index (χ4n) is 2.49. The van der Waals surface area contributed by atoms with Crippen molar-refractivity contribution < 1.29 is 59.1 Å². The first-order chi connectivity index (χ1) is 12.2. The number of esters is 1. The summed E-state index contributed by atoms with van der Waals surface area (Å²) >= 11 is 0. The molecule has 0 aromatic carbocycles. The summed E-state index contributed by atoms with van der Waals surface area (Å²) in [5.74, 6) is -0.625. The molecule has 2 saturated heterocycles. The molecule has 12 heteroatoms. The van der Waals surface area contributed by atoms with E-state index >= 15 is 0 Å². The van der Waals surface area contributed by atoms with Gasteiger partial charge in [0.2, 0.25) is 0 Å². The highest BCUT2D eigenvalue weighted by Crippen LogP contribution is 2.24. The van der Waals surface area contributed by atoms with Crippen LogP contribution in [0.5, 0.6) is 0 Å². The van der Waals surface area contributed by atoms with Gasteiger partial charge in [-0.05, 0) is 0 Å². The maximum atomic E-state index is 10.7. The Kier molecular flexibility index (Phi) is 7.66. The molecule has 2 heterocycles. The summed E-state index contributed by atoms with van der Waals surface area (Å²) in [6, 6.07) is 0. The van der Waals surface area contributed by atoms with Crippen LogP contribution in [0.2, 0.25) is 0 Å². The summed E-state index contributed by atoms with van der Waals surface area (Å²) in [6.07, 6.45) is -13.0. The Morgan fingerprint density at radius 2 is 1.58 bits per heavy atom. The minimum absolute atomic E-state index is 0.271. The third-order valence-corrected chi connectivity index (χ3v) is 4.04. The Hall–Kier alpha value is -0.930. The molecule has 0 aromatic heterocycles. The van der Waals surface area contributed by atoms with Crippen LogP contribution in [-0.4, -0.2) is 112 Å². The molecular weight excluding hydrogens is 360 g/mol. The minimum Gasteiger partial charge on any atom is -0.439 e. The van der Waals surface area contributed by atoms with Gasteiger partial charge in [-0.25, -0.2) is 0 Å². The average molecular weight is 384 g/mol. The van der Waals surface area contributed by atoms with Crippen molar-refractivity contribution in [1.29, 1.82) is 0 Å². The van der Waals surface area contributed by atoms with Crippen LogP contribution >= 0.6 is 0 Å². The summed E-state index contributed by atoms with van der Waals surface area (Å²) in [5.41, 5.74) is 0. The molecule has 0 amide bonds. The standard InChI is InChI=1S/C14H24O12/c1-5(15)24-4-25-14-12(21)10(19)9(18)7(26-14)3-23-13-11(20)8(17)6(16)2-22-13/h6-14,16-21H,2-4H2,1H3/t6-,7-,8+,9-,10+,11-,12-,13+,14-/m1/s1. The zero-order valence-electron chi connectivity index (χ0n) is 14.0. The molecule has 26 heavy (non-hydrogen) atoms. The molecule has 6 N–H and O–H groups in total. The molecular formula is C14H24O12. The Balaban J connectivity index is 1.89. The first kappa shape index (κ1) is 21.4. The number of aliphatic hydroxyl groups is 6. The summed E-state index contributed by atoms with van der Waals surface area (Å²) < 4.78 is 25.1. The molecule has 2 fully saturated rings. The van der Waals surface area contributed by atoms with E-state index in [9.17, 15) is 35.4 Å². The van der Waals surface area contributed by atoms with Crippen molar-refractivity contribution in [2.24, 2.45) is 0 Å². The van der Waals surface area contributed by atoms with Gasteiger partial charge in [0.05, 0.1) is 13.2 Å². The lowest BCUT2D eigenvalue weighted by atomic mass is 9.99. The zero-order chi connectivity index (χ0) is 19.4. The van der Waals surface area contributed by atoms with E-state index in [2.05, 4.69) is 4.74 Å². The second kappa shape index (κ2) is 9.32. The van der Waals surface area contributed by atoms with Crippen LogP contribution in [0, 0.1) is 0 Å². The summed E-state index contributed by atoms with van der Waals surface area (Å²) in [5, 5.41) is 58.5. The lowest BCUT2D eigenvalue weighted by molar-refractivity contribution is -0.329. The molecule has 0 spiro atoms. The normalized spacial score (nSPS) is 43.9. The molecule has 12 nitrogen and oxygen atoms in total. The quantitative estimate of drug-likeness (QED) is 0.192. The maximum absolute atomic E-state index is 10.7. The Morgan fingerprint density at radius 1 is 0.923 bits per heavy atom. The monoisotopic (exact) mass is 384 g/mol. The van der Waals surface area contributed by atoms with E-state index in [0.717, 1.165) is 6.92 Å². The van der Waals surface area contributed by atoms with Crippen molar-refractivity contribution in [3.63, 3.8) is 0 Å². The Bertz CT molecular complexity index is 461. The third-order valence-electron chi connectivity index (χ3n) is 4.04. The lowest BCUT2D eigenvalue weighted by Crippen LogP contribution is -2.60. The first-order valence-corrected chi connectivity index (χ1v) is 7.94. The smallest absolute Gasteiger partial charge is 0.304 e. The van der Waals surface area contributed by atoms with Crippen molar-refractivity contribution in [3.05, 3.63) is 0 Å². The molecule has 9 atom stereocenters. The van der Waals surface area contributed by atoms with Gasteiger partial charge < -0.3 is 54.3 Å². The molecule has 0 bridgehead atoms. The van der Waals surface area contributed by atoms with Crippen LogP contribution in [0.25, 0.3) is 0 Å². The molecule has 2 aliphatic heterocycles. The van der Waals surface area contributed by atoms with Crippen molar-refractivity contribution in [1.82, 2.24) is 0 Å². The fraction of sp³-hybridized carbons (Fsp3) is 0.929. The van der Waals surface area contributed by atoms with Gasteiger partial charge in [-0.2, -0.15) is 0 Å². The van der Waals surface area contributed by atoms with Crippen LogP contribution in [0.15, 0.2) is 0 Å². The van der Waals surface area contributed by atoms with E-state index in [1.165, 1.54) is 0 Å². The molecule has 0 aromatic rings. The molecule has 2 aliphatic rings. The third kappa shape index (κ3) is 5.07. The number of hydrogen-bond acceptors (Lipinski definition) is 12. The van der Waals surface area contributed by atoms with E-state index in [1.807, 2.05) is 0 Å². The topological polar surface area (TPSA) is 185 Å². The summed E-state index contributed by atoms with van der Waals surface area (Å²) in [6.45, 7) is -0.0606. The summed E-state index contributed by atoms with van der Waals surface area (Å²) in [4.78, 5) is 10.7. The molecule has 0 saturated carbocycles. The van der Waals surface area contributed by atoms with Gasteiger partial charge in [-0.3, -0.25) is 4.79 Å². The van der Waals surface area contributed by atoms with Crippen molar-refractivity contribution >= 4 is 5.97 Å².